The molecule has 24 heavy (non-hydrogen) atoms. The van der Waals surface area contributed by atoms with Crippen molar-refractivity contribution in [1.29, 1.82) is 0 Å². The molecule has 6 nitrogen and oxygen atoms in total. The zero-order chi connectivity index (χ0) is 16.2. The molecule has 0 spiro atoms. The van der Waals surface area contributed by atoms with Gasteiger partial charge in [0.15, 0.2) is 0 Å². The summed E-state index contributed by atoms with van der Waals surface area (Å²) in [6.07, 6.45) is 3.79. The van der Waals surface area contributed by atoms with Gasteiger partial charge in [-0.15, -0.1) is 10.2 Å². The van der Waals surface area contributed by atoms with Crippen molar-refractivity contribution in [2.24, 2.45) is 0 Å². The minimum atomic E-state index is 0.687. The third-order valence-electron chi connectivity index (χ3n) is 3.71. The van der Waals surface area contributed by atoms with E-state index in [9.17, 15) is 0 Å². The van der Waals surface area contributed by atoms with Crippen molar-refractivity contribution in [3.05, 3.63) is 84.2 Å². The average Bonchev–Trinajstić information content (AvgIpc) is 3.26. The van der Waals surface area contributed by atoms with Gasteiger partial charge in [-0.25, -0.2) is 9.36 Å². The number of nitrogens with zero attached hydrogens (tertiary/aromatic N) is 6. The Morgan fingerprint density at radius 3 is 1.42 bits per heavy atom. The molecule has 0 amide bonds. The minimum absolute atomic E-state index is 0.687. The van der Waals surface area contributed by atoms with Gasteiger partial charge >= 0.3 is 0 Å². The summed E-state index contributed by atoms with van der Waals surface area (Å²) < 4.78 is 3.61. The van der Waals surface area contributed by atoms with Crippen LogP contribution in [-0.4, -0.2) is 30.0 Å². The summed E-state index contributed by atoms with van der Waals surface area (Å²) in [6, 6.07) is 20.3. The van der Waals surface area contributed by atoms with Crippen molar-refractivity contribution in [3.8, 4) is 11.4 Å². The molecule has 0 saturated carbocycles. The van der Waals surface area contributed by atoms with Crippen LogP contribution in [0.2, 0.25) is 0 Å². The molecular weight excluding hydrogens is 300 g/mol. The Morgan fingerprint density at radius 2 is 1.00 bits per heavy atom. The highest BCUT2D eigenvalue weighted by Crippen LogP contribution is 2.13. The topological polar surface area (TPSA) is 61.4 Å². The molecule has 0 unspecified atom stereocenters. The molecule has 0 aliphatic carbocycles. The van der Waals surface area contributed by atoms with Gasteiger partial charge in [0.2, 0.25) is 0 Å². The van der Waals surface area contributed by atoms with E-state index in [1.807, 2.05) is 48.8 Å². The molecule has 0 aliphatic heterocycles. The van der Waals surface area contributed by atoms with Gasteiger partial charge in [-0.1, -0.05) is 71.1 Å². The maximum Gasteiger partial charge on any atom is 0.134 e. The van der Waals surface area contributed by atoms with Gasteiger partial charge in [-0.3, -0.25) is 0 Å². The molecule has 0 fully saturated rings. The number of benzene rings is 2. The first-order chi connectivity index (χ1) is 11.9. The van der Waals surface area contributed by atoms with E-state index in [1.165, 1.54) is 11.1 Å². The van der Waals surface area contributed by atoms with E-state index in [0.29, 0.717) is 13.1 Å². The van der Waals surface area contributed by atoms with Gasteiger partial charge in [0.05, 0.1) is 25.5 Å². The first kappa shape index (κ1) is 14.3. The molecule has 0 radical (unpaired) electrons. The summed E-state index contributed by atoms with van der Waals surface area (Å²) in [6.45, 7) is 1.37. The van der Waals surface area contributed by atoms with Crippen molar-refractivity contribution >= 4 is 0 Å². The van der Waals surface area contributed by atoms with Gasteiger partial charge in [-0.05, 0) is 11.1 Å². The van der Waals surface area contributed by atoms with Gasteiger partial charge < -0.3 is 0 Å². The number of aromatic nitrogens is 6. The lowest BCUT2D eigenvalue weighted by atomic mass is 10.2. The van der Waals surface area contributed by atoms with Gasteiger partial charge in [0.1, 0.15) is 11.4 Å². The first-order valence-electron chi connectivity index (χ1n) is 7.75. The van der Waals surface area contributed by atoms with Crippen LogP contribution in [0.25, 0.3) is 11.4 Å². The monoisotopic (exact) mass is 316 g/mol. The SMILES string of the molecule is c1ccc(Cn2cc(-c3cn(Cc4ccccc4)nn3)nn2)cc1. The molecule has 2 aromatic carbocycles. The molecule has 4 aromatic rings. The van der Waals surface area contributed by atoms with Crippen LogP contribution in [0.4, 0.5) is 0 Å². The van der Waals surface area contributed by atoms with E-state index in [0.717, 1.165) is 11.4 Å². The molecule has 2 aromatic heterocycles. The Hall–Kier alpha value is -3.28. The van der Waals surface area contributed by atoms with Crippen LogP contribution in [0.5, 0.6) is 0 Å². The van der Waals surface area contributed by atoms with Crippen molar-refractivity contribution in [3.63, 3.8) is 0 Å². The lowest BCUT2D eigenvalue weighted by Crippen LogP contribution is -1.99. The molecule has 118 valence electrons. The number of rotatable bonds is 5. The first-order valence-corrected chi connectivity index (χ1v) is 7.75. The zero-order valence-electron chi connectivity index (χ0n) is 13.0. The summed E-state index contributed by atoms with van der Waals surface area (Å²) in [5.41, 5.74) is 3.82. The van der Waals surface area contributed by atoms with Gasteiger partial charge in [0.25, 0.3) is 0 Å². The predicted octanol–water partition coefficient (Wildman–Crippen LogP) is 2.63. The normalized spacial score (nSPS) is 10.8. The Balaban J connectivity index is 1.49. The Kier molecular flexibility index (Phi) is 3.85. The highest BCUT2D eigenvalue weighted by Gasteiger charge is 2.09. The fourth-order valence-electron chi connectivity index (χ4n) is 2.53. The van der Waals surface area contributed by atoms with Crippen LogP contribution >= 0.6 is 0 Å². The largest absolute Gasteiger partial charge is 0.247 e. The van der Waals surface area contributed by atoms with Crippen molar-refractivity contribution in [2.45, 2.75) is 13.1 Å². The molecule has 0 saturated heterocycles. The minimum Gasteiger partial charge on any atom is -0.247 e. The average molecular weight is 316 g/mol. The maximum absolute atomic E-state index is 4.20. The van der Waals surface area contributed by atoms with Crippen LogP contribution in [0, 0.1) is 0 Å². The molecule has 0 bridgehead atoms. The highest BCUT2D eigenvalue weighted by atomic mass is 15.4. The van der Waals surface area contributed by atoms with E-state index in [-0.39, 0.29) is 0 Å². The third kappa shape index (κ3) is 3.22. The fourth-order valence-corrected chi connectivity index (χ4v) is 2.53. The Morgan fingerprint density at radius 1 is 0.583 bits per heavy atom. The summed E-state index contributed by atoms with van der Waals surface area (Å²) in [5, 5.41) is 16.7. The third-order valence-corrected chi connectivity index (χ3v) is 3.71. The quantitative estimate of drug-likeness (QED) is 0.568. The molecule has 0 N–H and O–H groups in total. The van der Waals surface area contributed by atoms with E-state index in [2.05, 4.69) is 44.9 Å². The van der Waals surface area contributed by atoms with Crippen molar-refractivity contribution in [1.82, 2.24) is 30.0 Å². The highest BCUT2D eigenvalue weighted by molar-refractivity contribution is 5.49. The fraction of sp³-hybridized carbons (Fsp3) is 0.111. The molecule has 0 aliphatic rings. The Bertz CT molecular complexity index is 833. The second kappa shape index (κ2) is 6.45. The molecule has 4 rings (SSSR count). The van der Waals surface area contributed by atoms with Crippen LogP contribution in [0.1, 0.15) is 11.1 Å². The van der Waals surface area contributed by atoms with Crippen LogP contribution < -0.4 is 0 Å². The second-order valence-corrected chi connectivity index (χ2v) is 5.57. The van der Waals surface area contributed by atoms with Crippen molar-refractivity contribution < 1.29 is 0 Å². The lowest BCUT2D eigenvalue weighted by Gasteiger charge is -1.99. The van der Waals surface area contributed by atoms with E-state index >= 15 is 0 Å². The van der Waals surface area contributed by atoms with Crippen molar-refractivity contribution in [2.75, 3.05) is 0 Å². The van der Waals surface area contributed by atoms with E-state index < -0.39 is 0 Å². The zero-order valence-corrected chi connectivity index (χ0v) is 13.0. The van der Waals surface area contributed by atoms with Crippen LogP contribution in [0.15, 0.2) is 73.1 Å². The number of hydrogen-bond donors (Lipinski definition) is 0. The predicted molar refractivity (Wildman–Crippen MR) is 90.1 cm³/mol. The number of hydrogen-bond acceptors (Lipinski definition) is 4. The second-order valence-electron chi connectivity index (χ2n) is 5.57. The molecule has 2 heterocycles. The molecular formula is C18H16N6. The van der Waals surface area contributed by atoms with Crippen LogP contribution in [0.3, 0.4) is 0 Å². The molecule has 6 heteroatoms. The summed E-state index contributed by atoms with van der Waals surface area (Å²) in [7, 11) is 0. The lowest BCUT2D eigenvalue weighted by molar-refractivity contribution is 0.649. The van der Waals surface area contributed by atoms with Gasteiger partial charge in [-0.2, -0.15) is 0 Å². The maximum atomic E-state index is 4.20. The van der Waals surface area contributed by atoms with Gasteiger partial charge in [0, 0.05) is 0 Å². The standard InChI is InChI=1S/C18H16N6/c1-3-7-15(8-4-1)11-23-13-17(19-21-23)18-14-24(22-20-18)12-16-9-5-2-6-10-16/h1-10,13-14H,11-12H2. The summed E-state index contributed by atoms with van der Waals surface area (Å²) >= 11 is 0. The molecule has 0 atom stereocenters. The Labute approximate surface area is 139 Å². The summed E-state index contributed by atoms with van der Waals surface area (Å²) in [5.74, 6) is 0. The summed E-state index contributed by atoms with van der Waals surface area (Å²) in [4.78, 5) is 0. The van der Waals surface area contributed by atoms with E-state index in [4.69, 9.17) is 0 Å². The smallest absolute Gasteiger partial charge is 0.134 e. The van der Waals surface area contributed by atoms with Crippen LogP contribution in [-0.2, 0) is 13.1 Å². The van der Waals surface area contributed by atoms with E-state index in [1.54, 1.807) is 9.36 Å².